The minimum atomic E-state index is -1.04. The number of carbonyl (C=O) groups excluding carboxylic acids is 1. The zero-order valence-corrected chi connectivity index (χ0v) is 13.6. The highest BCUT2D eigenvalue weighted by Gasteiger charge is 2.12. The van der Waals surface area contributed by atoms with E-state index in [1.54, 1.807) is 24.5 Å². The lowest BCUT2D eigenvalue weighted by Crippen LogP contribution is -2.30. The summed E-state index contributed by atoms with van der Waals surface area (Å²) >= 11 is 4.81. The topological polar surface area (TPSA) is 69.6 Å². The molecule has 0 saturated heterocycles. The Labute approximate surface area is 134 Å². The molecule has 1 heterocycles. The number of rotatable bonds is 4. The number of carboxylic acids is 1. The van der Waals surface area contributed by atoms with E-state index in [0.29, 0.717) is 16.7 Å². The number of benzene rings is 1. The van der Waals surface area contributed by atoms with E-state index in [1.807, 2.05) is 17.5 Å². The van der Waals surface area contributed by atoms with Crippen LogP contribution >= 0.6 is 27.3 Å². The number of aromatic carboxylic acids is 1. The van der Waals surface area contributed by atoms with Gasteiger partial charge in [0.05, 0.1) is 12.1 Å². The number of amides is 2. The lowest BCUT2D eigenvalue weighted by atomic mass is 10.2. The van der Waals surface area contributed by atoms with Crippen LogP contribution in [-0.2, 0) is 6.54 Å². The molecule has 21 heavy (non-hydrogen) atoms. The van der Waals surface area contributed by atoms with Gasteiger partial charge in [0.1, 0.15) is 0 Å². The third-order valence-electron chi connectivity index (χ3n) is 2.72. The Kier molecular flexibility index (Phi) is 4.98. The van der Waals surface area contributed by atoms with Gasteiger partial charge < -0.3 is 15.3 Å². The summed E-state index contributed by atoms with van der Waals surface area (Å²) in [5, 5.41) is 13.6. The van der Waals surface area contributed by atoms with Crippen molar-refractivity contribution in [3.05, 3.63) is 50.6 Å². The molecule has 0 aliphatic heterocycles. The Balaban J connectivity index is 2.06. The molecule has 0 aliphatic carbocycles. The highest BCUT2D eigenvalue weighted by molar-refractivity contribution is 9.10. The maximum Gasteiger partial charge on any atom is 0.335 e. The van der Waals surface area contributed by atoms with Crippen molar-refractivity contribution in [2.75, 3.05) is 12.4 Å². The Morgan fingerprint density at radius 3 is 2.76 bits per heavy atom. The largest absolute Gasteiger partial charge is 0.478 e. The average molecular weight is 369 g/mol. The molecule has 2 rings (SSSR count). The van der Waals surface area contributed by atoms with Crippen molar-refractivity contribution < 1.29 is 14.7 Å². The number of nitrogens with one attached hydrogen (secondary N) is 1. The monoisotopic (exact) mass is 368 g/mol. The lowest BCUT2D eigenvalue weighted by Gasteiger charge is -2.17. The first kappa shape index (κ1) is 15.5. The second-order valence-electron chi connectivity index (χ2n) is 4.40. The van der Waals surface area contributed by atoms with Crippen LogP contribution in [-0.4, -0.2) is 29.1 Å². The molecular weight excluding hydrogens is 356 g/mol. The number of halogens is 1. The molecule has 0 spiro atoms. The van der Waals surface area contributed by atoms with Crippen LogP contribution in [0.5, 0.6) is 0 Å². The van der Waals surface area contributed by atoms with Gasteiger partial charge >= 0.3 is 12.0 Å². The van der Waals surface area contributed by atoms with Gasteiger partial charge in [0.15, 0.2) is 0 Å². The van der Waals surface area contributed by atoms with Gasteiger partial charge in [-0.25, -0.2) is 9.59 Å². The third kappa shape index (κ3) is 4.30. The van der Waals surface area contributed by atoms with Crippen LogP contribution in [0.1, 0.15) is 15.2 Å². The summed E-state index contributed by atoms with van der Waals surface area (Å²) in [4.78, 5) is 25.7. The van der Waals surface area contributed by atoms with Gasteiger partial charge in [0.25, 0.3) is 0 Å². The first-order valence-corrected chi connectivity index (χ1v) is 7.71. The van der Waals surface area contributed by atoms with E-state index >= 15 is 0 Å². The molecule has 0 saturated carbocycles. The summed E-state index contributed by atoms with van der Waals surface area (Å²) in [5.74, 6) is -1.04. The van der Waals surface area contributed by atoms with Crippen molar-refractivity contribution in [3.8, 4) is 0 Å². The fourth-order valence-corrected chi connectivity index (χ4v) is 2.96. The van der Waals surface area contributed by atoms with E-state index in [2.05, 4.69) is 21.2 Å². The molecule has 2 aromatic rings. The number of nitrogens with zero attached hydrogens (tertiary/aromatic N) is 1. The highest BCUT2D eigenvalue weighted by atomic mass is 79.9. The zero-order valence-electron chi connectivity index (χ0n) is 11.2. The number of anilines is 1. The highest BCUT2D eigenvalue weighted by Crippen LogP contribution is 2.20. The smallest absolute Gasteiger partial charge is 0.335 e. The van der Waals surface area contributed by atoms with Crippen LogP contribution in [0.3, 0.4) is 0 Å². The maximum atomic E-state index is 12.1. The number of urea groups is 1. The van der Waals surface area contributed by atoms with Crippen molar-refractivity contribution in [1.29, 1.82) is 0 Å². The molecule has 0 unspecified atom stereocenters. The molecule has 2 amide bonds. The Morgan fingerprint density at radius 1 is 1.38 bits per heavy atom. The van der Waals surface area contributed by atoms with Gasteiger partial charge in [-0.05, 0) is 29.6 Å². The second kappa shape index (κ2) is 6.73. The SMILES string of the molecule is CN(Cc1cccs1)C(=O)Nc1cc(Br)cc(C(=O)O)c1. The Hall–Kier alpha value is -1.86. The van der Waals surface area contributed by atoms with Crippen molar-refractivity contribution >= 4 is 45.0 Å². The van der Waals surface area contributed by atoms with Crippen molar-refractivity contribution in [2.45, 2.75) is 6.54 Å². The molecule has 0 atom stereocenters. The lowest BCUT2D eigenvalue weighted by molar-refractivity contribution is 0.0697. The van der Waals surface area contributed by atoms with Gasteiger partial charge in [-0.1, -0.05) is 22.0 Å². The van der Waals surface area contributed by atoms with Crippen LogP contribution in [0.4, 0.5) is 10.5 Å². The van der Waals surface area contributed by atoms with Gasteiger partial charge in [0.2, 0.25) is 0 Å². The Morgan fingerprint density at radius 2 is 2.14 bits per heavy atom. The minimum Gasteiger partial charge on any atom is -0.478 e. The number of hydrogen-bond donors (Lipinski definition) is 2. The van der Waals surface area contributed by atoms with Crippen LogP contribution in [0.25, 0.3) is 0 Å². The second-order valence-corrected chi connectivity index (χ2v) is 6.35. The normalized spacial score (nSPS) is 10.2. The minimum absolute atomic E-state index is 0.112. The van der Waals surface area contributed by atoms with E-state index in [0.717, 1.165) is 4.88 Å². The van der Waals surface area contributed by atoms with Crippen LogP contribution < -0.4 is 5.32 Å². The summed E-state index contributed by atoms with van der Waals surface area (Å²) in [6.45, 7) is 0.503. The third-order valence-corrected chi connectivity index (χ3v) is 4.03. The summed E-state index contributed by atoms with van der Waals surface area (Å²) in [7, 11) is 1.69. The number of hydrogen-bond acceptors (Lipinski definition) is 3. The van der Waals surface area contributed by atoms with Gasteiger partial charge in [-0.15, -0.1) is 11.3 Å². The molecule has 0 radical (unpaired) electrons. The number of thiophene rings is 1. The first-order valence-electron chi connectivity index (χ1n) is 6.04. The predicted molar refractivity (Wildman–Crippen MR) is 85.9 cm³/mol. The molecule has 1 aromatic heterocycles. The quantitative estimate of drug-likeness (QED) is 0.860. The predicted octanol–water partition coefficient (Wildman–Crippen LogP) is 3.87. The van der Waals surface area contributed by atoms with Crippen LogP contribution in [0.15, 0.2) is 40.2 Å². The van der Waals surface area contributed by atoms with Crippen molar-refractivity contribution in [1.82, 2.24) is 4.90 Å². The van der Waals surface area contributed by atoms with Crippen molar-refractivity contribution in [3.63, 3.8) is 0 Å². The van der Waals surface area contributed by atoms with Crippen LogP contribution in [0.2, 0.25) is 0 Å². The van der Waals surface area contributed by atoms with Gasteiger partial charge in [-0.3, -0.25) is 0 Å². The van der Waals surface area contributed by atoms with Gasteiger partial charge in [0, 0.05) is 22.1 Å². The summed E-state index contributed by atoms with van der Waals surface area (Å²) in [6.07, 6.45) is 0. The van der Waals surface area contributed by atoms with E-state index in [1.165, 1.54) is 17.0 Å². The number of carbonyl (C=O) groups is 2. The van der Waals surface area contributed by atoms with E-state index in [4.69, 9.17) is 5.11 Å². The van der Waals surface area contributed by atoms with E-state index in [9.17, 15) is 9.59 Å². The molecule has 5 nitrogen and oxygen atoms in total. The molecule has 110 valence electrons. The molecule has 7 heteroatoms. The molecule has 1 aromatic carbocycles. The fraction of sp³-hybridized carbons (Fsp3) is 0.143. The average Bonchev–Trinajstić information content (AvgIpc) is 2.90. The van der Waals surface area contributed by atoms with E-state index in [-0.39, 0.29) is 11.6 Å². The number of carboxylic acid groups (broad SMARTS) is 1. The zero-order chi connectivity index (χ0) is 15.4. The summed E-state index contributed by atoms with van der Waals surface area (Å²) in [6, 6.07) is 8.15. The molecule has 0 fully saturated rings. The summed E-state index contributed by atoms with van der Waals surface area (Å²) < 4.78 is 0.596. The standard InChI is InChI=1S/C14H13BrN2O3S/c1-17(8-12-3-2-4-21-12)14(20)16-11-6-9(13(18)19)5-10(15)7-11/h2-7H,8H2,1H3,(H,16,20)(H,18,19). The van der Waals surface area contributed by atoms with Gasteiger partial charge in [-0.2, -0.15) is 0 Å². The van der Waals surface area contributed by atoms with Crippen LogP contribution in [0, 0.1) is 0 Å². The summed E-state index contributed by atoms with van der Waals surface area (Å²) in [5.41, 5.74) is 0.547. The maximum absolute atomic E-state index is 12.1. The molecule has 0 bridgehead atoms. The molecule has 0 aliphatic rings. The van der Waals surface area contributed by atoms with E-state index < -0.39 is 5.97 Å². The molecule has 2 N–H and O–H groups in total. The Bertz CT molecular complexity index is 658. The van der Waals surface area contributed by atoms with Crippen molar-refractivity contribution in [2.24, 2.45) is 0 Å². The molecular formula is C14H13BrN2O3S. The fourth-order valence-electron chi connectivity index (χ4n) is 1.71. The first-order chi connectivity index (χ1) is 9.95.